The molecule has 0 radical (unpaired) electrons. The topological polar surface area (TPSA) is 96.0 Å². The van der Waals surface area contributed by atoms with E-state index < -0.39 is 0 Å². The van der Waals surface area contributed by atoms with E-state index in [1.54, 1.807) is 7.05 Å². The summed E-state index contributed by atoms with van der Waals surface area (Å²) in [6.45, 7) is 0.298. The molecule has 7 heteroatoms. The molecule has 0 unspecified atom stereocenters. The molecule has 19 heavy (non-hydrogen) atoms. The van der Waals surface area contributed by atoms with Gasteiger partial charge in [0.2, 0.25) is 5.91 Å². The molecule has 1 aliphatic rings. The van der Waals surface area contributed by atoms with Crippen LogP contribution in [0.15, 0.2) is 12.4 Å². The van der Waals surface area contributed by atoms with Gasteiger partial charge in [0.05, 0.1) is 12.4 Å². The molecule has 0 saturated heterocycles. The zero-order valence-corrected chi connectivity index (χ0v) is 10.8. The van der Waals surface area contributed by atoms with Crippen LogP contribution in [0.5, 0.6) is 0 Å². The molecule has 1 aliphatic carbocycles. The number of rotatable bonds is 6. The largest absolute Gasteiger partial charge is 0.372 e. The van der Waals surface area contributed by atoms with Gasteiger partial charge < -0.3 is 16.0 Å². The predicted molar refractivity (Wildman–Crippen MR) is 69.7 cm³/mol. The van der Waals surface area contributed by atoms with Crippen LogP contribution < -0.4 is 16.0 Å². The van der Waals surface area contributed by atoms with Crippen molar-refractivity contribution in [2.24, 2.45) is 0 Å². The average molecular weight is 263 g/mol. The van der Waals surface area contributed by atoms with Crippen molar-refractivity contribution >= 4 is 17.6 Å². The zero-order valence-electron chi connectivity index (χ0n) is 10.8. The van der Waals surface area contributed by atoms with Gasteiger partial charge in [-0.25, -0.2) is 9.97 Å². The number of aromatic nitrogens is 2. The summed E-state index contributed by atoms with van der Waals surface area (Å²) in [5.41, 5.74) is 0.238. The van der Waals surface area contributed by atoms with Gasteiger partial charge in [-0.3, -0.25) is 9.59 Å². The second kappa shape index (κ2) is 6.12. The lowest BCUT2D eigenvalue weighted by Gasteiger charge is -2.05. The van der Waals surface area contributed by atoms with E-state index in [9.17, 15) is 9.59 Å². The van der Waals surface area contributed by atoms with Crippen molar-refractivity contribution in [3.8, 4) is 0 Å². The first-order chi connectivity index (χ1) is 9.19. The van der Waals surface area contributed by atoms with Crippen LogP contribution in [0.1, 0.15) is 29.8 Å². The third-order valence-electron chi connectivity index (χ3n) is 2.72. The lowest BCUT2D eigenvalue weighted by atomic mass is 10.3. The fourth-order valence-electron chi connectivity index (χ4n) is 1.48. The highest BCUT2D eigenvalue weighted by atomic mass is 16.2. The molecule has 102 valence electrons. The number of carbonyl (C=O) groups is 2. The lowest BCUT2D eigenvalue weighted by Crippen LogP contribution is -2.32. The van der Waals surface area contributed by atoms with Crippen LogP contribution in [0.4, 0.5) is 5.82 Å². The highest BCUT2D eigenvalue weighted by Crippen LogP contribution is 2.18. The van der Waals surface area contributed by atoms with Crippen molar-refractivity contribution in [3.05, 3.63) is 18.1 Å². The molecule has 0 aliphatic heterocycles. The quantitative estimate of drug-likeness (QED) is 0.667. The standard InChI is InChI=1S/C12H17N5O2/c1-13-10-7-15-9(6-16-10)12(19)14-5-4-11(18)17-8-2-3-8/h6-8H,2-5H2,1H3,(H,13,16)(H,14,19)(H,17,18). The minimum absolute atomic E-state index is 0.0283. The van der Waals surface area contributed by atoms with Crippen LogP contribution in [-0.2, 0) is 4.79 Å². The molecule has 1 saturated carbocycles. The van der Waals surface area contributed by atoms with Crippen LogP contribution in [0.25, 0.3) is 0 Å². The summed E-state index contributed by atoms with van der Waals surface area (Å²) >= 11 is 0. The molecular weight excluding hydrogens is 246 g/mol. The van der Waals surface area contributed by atoms with Gasteiger partial charge in [0.1, 0.15) is 11.5 Å². The average Bonchev–Trinajstić information content (AvgIpc) is 3.22. The number of carbonyl (C=O) groups excluding carboxylic acids is 2. The molecule has 2 amide bonds. The Bertz CT molecular complexity index is 456. The summed E-state index contributed by atoms with van der Waals surface area (Å²) in [5, 5.41) is 8.31. The van der Waals surface area contributed by atoms with Crippen molar-refractivity contribution in [3.63, 3.8) is 0 Å². The first-order valence-electron chi connectivity index (χ1n) is 6.26. The third kappa shape index (κ3) is 4.20. The Kier molecular flexibility index (Phi) is 4.27. The number of nitrogens with one attached hydrogen (secondary N) is 3. The van der Waals surface area contributed by atoms with E-state index in [1.807, 2.05) is 0 Å². The zero-order chi connectivity index (χ0) is 13.7. The van der Waals surface area contributed by atoms with E-state index in [-0.39, 0.29) is 23.9 Å². The number of hydrogen-bond donors (Lipinski definition) is 3. The molecular formula is C12H17N5O2. The Morgan fingerprint density at radius 2 is 2.11 bits per heavy atom. The van der Waals surface area contributed by atoms with E-state index in [4.69, 9.17) is 0 Å². The van der Waals surface area contributed by atoms with E-state index >= 15 is 0 Å². The summed E-state index contributed by atoms with van der Waals surface area (Å²) in [5.74, 6) is 0.245. The molecule has 0 spiro atoms. The van der Waals surface area contributed by atoms with E-state index in [0.717, 1.165) is 12.8 Å². The Morgan fingerprint density at radius 1 is 1.32 bits per heavy atom. The summed E-state index contributed by atoms with van der Waals surface area (Å²) in [4.78, 5) is 31.1. The highest BCUT2D eigenvalue weighted by molar-refractivity contribution is 5.92. The number of hydrogen-bond acceptors (Lipinski definition) is 5. The van der Waals surface area contributed by atoms with Gasteiger partial charge in [-0.15, -0.1) is 0 Å². The molecule has 7 nitrogen and oxygen atoms in total. The fourth-order valence-corrected chi connectivity index (χ4v) is 1.48. The SMILES string of the molecule is CNc1cnc(C(=O)NCCC(=O)NC2CC2)cn1. The van der Waals surface area contributed by atoms with E-state index in [2.05, 4.69) is 25.9 Å². The molecule has 0 atom stereocenters. The summed E-state index contributed by atoms with van der Waals surface area (Å²) in [6.07, 6.45) is 5.28. The van der Waals surface area contributed by atoms with Crippen molar-refractivity contribution in [1.82, 2.24) is 20.6 Å². The van der Waals surface area contributed by atoms with Gasteiger partial charge >= 0.3 is 0 Å². The third-order valence-corrected chi connectivity index (χ3v) is 2.72. The molecule has 0 bridgehead atoms. The van der Waals surface area contributed by atoms with Crippen molar-refractivity contribution < 1.29 is 9.59 Å². The van der Waals surface area contributed by atoms with Gasteiger partial charge in [-0.05, 0) is 12.8 Å². The summed E-state index contributed by atoms with van der Waals surface area (Å²) < 4.78 is 0. The molecule has 1 fully saturated rings. The molecule has 1 aromatic rings. The Labute approximate surface area is 111 Å². The van der Waals surface area contributed by atoms with Gasteiger partial charge in [0.25, 0.3) is 5.91 Å². The Hall–Kier alpha value is -2.18. The van der Waals surface area contributed by atoms with Gasteiger partial charge in [0.15, 0.2) is 0 Å². The molecule has 2 rings (SSSR count). The van der Waals surface area contributed by atoms with Gasteiger partial charge in [-0.1, -0.05) is 0 Å². The van der Waals surface area contributed by atoms with Gasteiger partial charge in [0, 0.05) is 26.1 Å². The predicted octanol–water partition coefficient (Wildman–Crippen LogP) is -0.0832. The van der Waals surface area contributed by atoms with Crippen LogP contribution in [0, 0.1) is 0 Å². The minimum Gasteiger partial charge on any atom is -0.372 e. The van der Waals surface area contributed by atoms with Crippen LogP contribution in [-0.4, -0.2) is 41.4 Å². The highest BCUT2D eigenvalue weighted by Gasteiger charge is 2.22. The summed E-state index contributed by atoms with van der Waals surface area (Å²) in [7, 11) is 1.72. The van der Waals surface area contributed by atoms with Crippen molar-refractivity contribution in [2.75, 3.05) is 18.9 Å². The number of anilines is 1. The maximum Gasteiger partial charge on any atom is 0.271 e. The maximum absolute atomic E-state index is 11.7. The van der Waals surface area contributed by atoms with E-state index in [0.29, 0.717) is 18.4 Å². The smallest absolute Gasteiger partial charge is 0.271 e. The van der Waals surface area contributed by atoms with Gasteiger partial charge in [-0.2, -0.15) is 0 Å². The molecule has 1 aromatic heterocycles. The monoisotopic (exact) mass is 263 g/mol. The maximum atomic E-state index is 11.7. The first kappa shape index (κ1) is 13.3. The Morgan fingerprint density at radius 3 is 2.68 bits per heavy atom. The second-order valence-corrected chi connectivity index (χ2v) is 4.38. The number of nitrogens with zero attached hydrogens (tertiary/aromatic N) is 2. The molecule has 3 N–H and O–H groups in total. The van der Waals surface area contributed by atoms with Crippen molar-refractivity contribution in [2.45, 2.75) is 25.3 Å². The first-order valence-corrected chi connectivity index (χ1v) is 6.26. The fraction of sp³-hybridized carbons (Fsp3) is 0.500. The lowest BCUT2D eigenvalue weighted by molar-refractivity contribution is -0.121. The van der Waals surface area contributed by atoms with Crippen LogP contribution >= 0.6 is 0 Å². The molecule has 1 heterocycles. The van der Waals surface area contributed by atoms with Crippen LogP contribution in [0.2, 0.25) is 0 Å². The Balaban J connectivity index is 1.71. The van der Waals surface area contributed by atoms with E-state index in [1.165, 1.54) is 12.4 Å². The molecule has 0 aromatic carbocycles. The normalized spacial score (nSPS) is 13.7. The number of amides is 2. The summed E-state index contributed by atoms with van der Waals surface area (Å²) in [6, 6.07) is 0.350. The minimum atomic E-state index is -0.325. The van der Waals surface area contributed by atoms with Crippen LogP contribution in [0.3, 0.4) is 0 Å². The second-order valence-electron chi connectivity index (χ2n) is 4.38. The van der Waals surface area contributed by atoms with Crippen molar-refractivity contribution in [1.29, 1.82) is 0 Å².